The monoisotopic (exact) mass is 534 g/mol. The van der Waals surface area contributed by atoms with Crippen LogP contribution in [0.25, 0.3) is 0 Å². The van der Waals surface area contributed by atoms with Crippen LogP contribution in [0.1, 0.15) is 22.3 Å². The van der Waals surface area contributed by atoms with E-state index < -0.39 is 15.9 Å². The molecule has 0 aliphatic heterocycles. The van der Waals surface area contributed by atoms with Gasteiger partial charge in [-0.25, -0.2) is 12.8 Å². The van der Waals surface area contributed by atoms with Crippen LogP contribution in [0.15, 0.2) is 65.6 Å². The summed E-state index contributed by atoms with van der Waals surface area (Å²) >= 11 is 7.48. The minimum atomic E-state index is -3.98. The minimum Gasteiger partial charge on any atom is -0.354 e. The summed E-state index contributed by atoms with van der Waals surface area (Å²) in [5, 5.41) is 3.14. The number of carbonyl (C=O) groups excluding carboxylic acids is 1. The molecular weight excluding hydrogens is 507 g/mol. The van der Waals surface area contributed by atoms with E-state index in [4.69, 9.17) is 11.6 Å². The Morgan fingerprint density at radius 2 is 1.71 bits per heavy atom. The van der Waals surface area contributed by atoms with Crippen molar-refractivity contribution < 1.29 is 17.6 Å². The lowest BCUT2D eigenvalue weighted by Gasteiger charge is -2.26. The lowest BCUT2D eigenvalue weighted by atomic mass is 10.1. The highest BCUT2D eigenvalue weighted by Crippen LogP contribution is 2.29. The highest BCUT2D eigenvalue weighted by molar-refractivity contribution is 7.98. The Kier molecular flexibility index (Phi) is 9.21. The number of sulfonamides is 1. The van der Waals surface area contributed by atoms with E-state index >= 15 is 0 Å². The van der Waals surface area contributed by atoms with Gasteiger partial charge in [0, 0.05) is 28.6 Å². The zero-order valence-electron chi connectivity index (χ0n) is 19.8. The van der Waals surface area contributed by atoms with E-state index in [-0.39, 0.29) is 17.3 Å². The van der Waals surface area contributed by atoms with Gasteiger partial charge in [-0.2, -0.15) is 11.8 Å². The summed E-state index contributed by atoms with van der Waals surface area (Å²) in [7, 11) is -3.98. The molecule has 0 fully saturated rings. The first kappa shape index (κ1) is 27.0. The van der Waals surface area contributed by atoms with E-state index in [1.807, 2.05) is 26.8 Å². The highest BCUT2D eigenvalue weighted by Gasteiger charge is 2.28. The molecule has 0 atom stereocenters. The number of amides is 1. The van der Waals surface area contributed by atoms with E-state index in [1.165, 1.54) is 17.8 Å². The van der Waals surface area contributed by atoms with Crippen LogP contribution < -0.4 is 9.62 Å². The van der Waals surface area contributed by atoms with Crippen LogP contribution in [0.3, 0.4) is 0 Å². The molecular formula is C26H28ClFN2O3S2. The standard InChI is InChI=1S/C26H28ClFN2O3S2/c1-18-10-12-21(13-11-18)35(32,33)30(25-9-4-6-19(2)20(25)3)16-26(31)29-14-15-34-17-22-23(27)7-5-8-24(22)28/h4-13H,14-17H2,1-3H3,(H,29,31). The Hall–Kier alpha value is -2.55. The van der Waals surface area contributed by atoms with Crippen LogP contribution >= 0.6 is 23.4 Å². The zero-order chi connectivity index (χ0) is 25.6. The van der Waals surface area contributed by atoms with Gasteiger partial charge in [-0.3, -0.25) is 9.10 Å². The molecule has 0 saturated carbocycles. The van der Waals surface area contributed by atoms with Gasteiger partial charge in [-0.15, -0.1) is 0 Å². The van der Waals surface area contributed by atoms with Crippen molar-refractivity contribution in [1.29, 1.82) is 0 Å². The molecule has 1 amide bonds. The van der Waals surface area contributed by atoms with Crippen molar-refractivity contribution in [3.63, 3.8) is 0 Å². The predicted molar refractivity (Wildman–Crippen MR) is 142 cm³/mol. The first-order chi connectivity index (χ1) is 16.6. The third-order valence-electron chi connectivity index (χ3n) is 5.62. The molecule has 0 saturated heterocycles. The zero-order valence-corrected chi connectivity index (χ0v) is 22.2. The topological polar surface area (TPSA) is 66.5 Å². The molecule has 0 unspecified atom stereocenters. The van der Waals surface area contributed by atoms with Crippen LogP contribution in [0.2, 0.25) is 5.02 Å². The van der Waals surface area contributed by atoms with E-state index in [2.05, 4.69) is 5.32 Å². The van der Waals surface area contributed by atoms with Crippen LogP contribution in [-0.2, 0) is 20.6 Å². The number of nitrogens with zero attached hydrogens (tertiary/aromatic N) is 1. The first-order valence-corrected chi connectivity index (χ1v) is 14.0. The van der Waals surface area contributed by atoms with Crippen LogP contribution in [-0.4, -0.2) is 33.2 Å². The van der Waals surface area contributed by atoms with Gasteiger partial charge in [0.15, 0.2) is 0 Å². The average molecular weight is 535 g/mol. The summed E-state index contributed by atoms with van der Waals surface area (Å²) in [6.45, 7) is 5.56. The molecule has 3 aromatic carbocycles. The van der Waals surface area contributed by atoms with Crippen molar-refractivity contribution in [2.75, 3.05) is 23.1 Å². The molecule has 3 rings (SSSR count). The molecule has 186 valence electrons. The van der Waals surface area contributed by atoms with Gasteiger partial charge >= 0.3 is 0 Å². The third kappa shape index (κ3) is 6.78. The fourth-order valence-electron chi connectivity index (χ4n) is 3.44. The number of hydrogen-bond donors (Lipinski definition) is 1. The maximum atomic E-state index is 13.9. The number of aryl methyl sites for hydroxylation is 2. The van der Waals surface area contributed by atoms with Gasteiger partial charge in [-0.05, 0) is 62.2 Å². The maximum absolute atomic E-state index is 13.9. The summed E-state index contributed by atoms with van der Waals surface area (Å²) in [6, 6.07) is 16.5. The van der Waals surface area contributed by atoms with Crippen LogP contribution in [0, 0.1) is 26.6 Å². The predicted octanol–water partition coefficient (Wildman–Crippen LogP) is 5.65. The third-order valence-corrected chi connectivity index (χ3v) is 8.73. The average Bonchev–Trinajstić information content (AvgIpc) is 2.81. The number of thioether (sulfide) groups is 1. The van der Waals surface area contributed by atoms with Crippen molar-refractivity contribution in [3.8, 4) is 0 Å². The Bertz CT molecular complexity index is 1280. The maximum Gasteiger partial charge on any atom is 0.264 e. The Morgan fingerprint density at radius 3 is 2.40 bits per heavy atom. The lowest BCUT2D eigenvalue weighted by Crippen LogP contribution is -2.41. The molecule has 35 heavy (non-hydrogen) atoms. The molecule has 0 bridgehead atoms. The second-order valence-electron chi connectivity index (χ2n) is 8.15. The normalized spacial score (nSPS) is 11.3. The van der Waals surface area contributed by atoms with Gasteiger partial charge in [-0.1, -0.05) is 47.5 Å². The molecule has 0 aliphatic carbocycles. The number of hydrogen-bond acceptors (Lipinski definition) is 4. The van der Waals surface area contributed by atoms with Gasteiger partial charge in [0.1, 0.15) is 12.4 Å². The molecule has 5 nitrogen and oxygen atoms in total. The van der Waals surface area contributed by atoms with Gasteiger partial charge < -0.3 is 5.32 Å². The Labute approximate surface area is 215 Å². The highest BCUT2D eigenvalue weighted by atomic mass is 35.5. The van der Waals surface area contributed by atoms with Gasteiger partial charge in [0.2, 0.25) is 5.91 Å². The van der Waals surface area contributed by atoms with Crippen molar-refractivity contribution in [2.24, 2.45) is 0 Å². The molecule has 3 aromatic rings. The molecule has 0 spiro atoms. The van der Waals surface area contributed by atoms with Crippen LogP contribution in [0.4, 0.5) is 10.1 Å². The van der Waals surface area contributed by atoms with Crippen molar-refractivity contribution in [3.05, 3.63) is 93.8 Å². The van der Waals surface area contributed by atoms with Gasteiger partial charge in [0.05, 0.1) is 10.6 Å². The van der Waals surface area contributed by atoms with Crippen molar-refractivity contribution >= 4 is 45.0 Å². The van der Waals surface area contributed by atoms with E-state index in [9.17, 15) is 17.6 Å². The lowest BCUT2D eigenvalue weighted by molar-refractivity contribution is -0.119. The van der Waals surface area contributed by atoms with Crippen LogP contribution in [0.5, 0.6) is 0 Å². The number of anilines is 1. The number of nitrogens with one attached hydrogen (secondary N) is 1. The van der Waals surface area contributed by atoms with Crippen molar-refractivity contribution in [1.82, 2.24) is 5.32 Å². The number of benzene rings is 3. The molecule has 0 heterocycles. The first-order valence-electron chi connectivity index (χ1n) is 11.0. The van der Waals surface area contributed by atoms with Gasteiger partial charge in [0.25, 0.3) is 10.0 Å². The summed E-state index contributed by atoms with van der Waals surface area (Å²) in [4.78, 5) is 12.9. The number of halogens is 2. The SMILES string of the molecule is Cc1ccc(S(=O)(=O)N(CC(=O)NCCSCc2c(F)cccc2Cl)c2cccc(C)c2C)cc1. The summed E-state index contributed by atoms with van der Waals surface area (Å²) in [5.41, 5.74) is 3.54. The molecule has 0 aliphatic rings. The molecule has 1 N–H and O–H groups in total. The van der Waals surface area contributed by atoms with E-state index in [0.717, 1.165) is 21.0 Å². The fourth-order valence-corrected chi connectivity index (χ4v) is 6.11. The van der Waals surface area contributed by atoms with Crippen molar-refractivity contribution in [2.45, 2.75) is 31.4 Å². The molecule has 0 aromatic heterocycles. The summed E-state index contributed by atoms with van der Waals surface area (Å²) < 4.78 is 42.1. The second kappa shape index (κ2) is 11.9. The largest absolute Gasteiger partial charge is 0.354 e. The fraction of sp³-hybridized carbons (Fsp3) is 0.269. The smallest absolute Gasteiger partial charge is 0.264 e. The van der Waals surface area contributed by atoms with E-state index in [1.54, 1.807) is 48.5 Å². The minimum absolute atomic E-state index is 0.120. The van der Waals surface area contributed by atoms with E-state index in [0.29, 0.717) is 34.3 Å². The second-order valence-corrected chi connectivity index (χ2v) is 11.5. The summed E-state index contributed by atoms with van der Waals surface area (Å²) in [6.07, 6.45) is 0. The quantitative estimate of drug-likeness (QED) is 0.341. The molecule has 9 heteroatoms. The molecule has 0 radical (unpaired) electrons. The Balaban J connectivity index is 1.70. The number of rotatable bonds is 10. The number of carbonyl (C=O) groups is 1. The summed E-state index contributed by atoms with van der Waals surface area (Å²) in [5.74, 6) is 0.105. The Morgan fingerprint density at radius 1 is 1.03 bits per heavy atom.